The van der Waals surface area contributed by atoms with Crippen LogP contribution in [0.2, 0.25) is 0 Å². The number of carbonyl (C=O) groups is 1. The number of hydrogen-bond donors (Lipinski definition) is 1. The maximum absolute atomic E-state index is 11.4. The number of rotatable bonds is 3. The zero-order valence-electron chi connectivity index (χ0n) is 8.13. The first kappa shape index (κ1) is 10.9. The minimum absolute atomic E-state index is 0.0726. The summed E-state index contributed by atoms with van der Waals surface area (Å²) in [5.74, 6) is 0.251. The first-order valence-electron chi connectivity index (χ1n) is 4.13. The van der Waals surface area contributed by atoms with E-state index in [-0.39, 0.29) is 11.7 Å². The quantitative estimate of drug-likeness (QED) is 0.475. The number of halogens is 1. The van der Waals surface area contributed by atoms with E-state index >= 15 is 0 Å². The predicted molar refractivity (Wildman–Crippen MR) is 57.2 cm³/mol. The van der Waals surface area contributed by atoms with Crippen molar-refractivity contribution in [2.75, 3.05) is 18.7 Å². The summed E-state index contributed by atoms with van der Waals surface area (Å²) in [5.41, 5.74) is 7.43. The van der Waals surface area contributed by atoms with E-state index in [1.54, 1.807) is 12.1 Å². The Bertz CT molecular complexity index is 363. The number of carbonyl (C=O) groups excluding carboxylic acids is 1. The largest absolute Gasteiger partial charge is 0.495 e. The molecular formula is C10H12ClNO2. The molecule has 0 atom stereocenters. The summed E-state index contributed by atoms with van der Waals surface area (Å²) in [6, 6.07) is 3.49. The standard InChI is InChI=1S/C10H12ClNO2/c1-6-3-7(8(13)5-11)10(12)9(4-6)14-2/h3-4H,5,12H2,1-2H3. The van der Waals surface area contributed by atoms with Gasteiger partial charge >= 0.3 is 0 Å². The first-order chi connectivity index (χ1) is 6.60. The van der Waals surface area contributed by atoms with Crippen LogP contribution in [0.3, 0.4) is 0 Å². The summed E-state index contributed by atoms with van der Waals surface area (Å²) in [4.78, 5) is 11.4. The van der Waals surface area contributed by atoms with Gasteiger partial charge in [0, 0.05) is 5.56 Å². The van der Waals surface area contributed by atoms with Gasteiger partial charge in [-0.3, -0.25) is 4.79 Å². The zero-order chi connectivity index (χ0) is 10.7. The summed E-state index contributed by atoms with van der Waals surface area (Å²) >= 11 is 5.46. The fourth-order valence-corrected chi connectivity index (χ4v) is 1.38. The summed E-state index contributed by atoms with van der Waals surface area (Å²) in [6.07, 6.45) is 0. The van der Waals surface area contributed by atoms with Crippen molar-refractivity contribution in [2.24, 2.45) is 0 Å². The van der Waals surface area contributed by atoms with Crippen LogP contribution in [-0.2, 0) is 0 Å². The Morgan fingerprint density at radius 2 is 2.21 bits per heavy atom. The second-order valence-electron chi connectivity index (χ2n) is 2.99. The molecule has 0 heterocycles. The Labute approximate surface area is 87.8 Å². The van der Waals surface area contributed by atoms with Gasteiger partial charge in [0.2, 0.25) is 0 Å². The van der Waals surface area contributed by atoms with Crippen molar-refractivity contribution in [3.8, 4) is 5.75 Å². The highest BCUT2D eigenvalue weighted by atomic mass is 35.5. The van der Waals surface area contributed by atoms with Crippen molar-refractivity contribution >= 4 is 23.1 Å². The third kappa shape index (κ3) is 1.99. The van der Waals surface area contributed by atoms with Gasteiger partial charge in [0.15, 0.2) is 5.78 Å². The van der Waals surface area contributed by atoms with E-state index in [1.807, 2.05) is 6.92 Å². The molecule has 4 heteroatoms. The topological polar surface area (TPSA) is 52.3 Å². The molecule has 76 valence electrons. The van der Waals surface area contributed by atoms with Crippen LogP contribution >= 0.6 is 11.6 Å². The fourth-order valence-electron chi connectivity index (χ4n) is 1.24. The average Bonchev–Trinajstić information content (AvgIpc) is 2.19. The van der Waals surface area contributed by atoms with Crippen molar-refractivity contribution in [1.82, 2.24) is 0 Å². The molecule has 0 saturated heterocycles. The van der Waals surface area contributed by atoms with Gasteiger partial charge < -0.3 is 10.5 Å². The maximum atomic E-state index is 11.4. The van der Waals surface area contributed by atoms with E-state index in [9.17, 15) is 4.79 Å². The molecular weight excluding hydrogens is 202 g/mol. The molecule has 0 aliphatic heterocycles. The summed E-state index contributed by atoms with van der Waals surface area (Å²) in [5, 5.41) is 0. The van der Waals surface area contributed by atoms with E-state index in [0.717, 1.165) is 5.56 Å². The van der Waals surface area contributed by atoms with Crippen molar-refractivity contribution < 1.29 is 9.53 Å². The fraction of sp³-hybridized carbons (Fsp3) is 0.300. The highest BCUT2D eigenvalue weighted by Gasteiger charge is 2.12. The number of aryl methyl sites for hydroxylation is 1. The van der Waals surface area contributed by atoms with Crippen LogP contribution in [0.5, 0.6) is 5.75 Å². The highest BCUT2D eigenvalue weighted by molar-refractivity contribution is 6.31. The lowest BCUT2D eigenvalue weighted by atomic mass is 10.1. The van der Waals surface area contributed by atoms with Gasteiger partial charge in [0.05, 0.1) is 18.7 Å². The van der Waals surface area contributed by atoms with Gasteiger partial charge in [-0.25, -0.2) is 0 Å². The SMILES string of the molecule is COc1cc(C)cc(C(=O)CCl)c1N. The number of anilines is 1. The van der Waals surface area contributed by atoms with Gasteiger partial charge in [-0.05, 0) is 24.6 Å². The molecule has 0 aliphatic rings. The molecule has 0 saturated carbocycles. The Balaban J connectivity index is 3.29. The first-order valence-corrected chi connectivity index (χ1v) is 4.67. The van der Waals surface area contributed by atoms with Crippen LogP contribution in [0.25, 0.3) is 0 Å². The molecule has 1 rings (SSSR count). The van der Waals surface area contributed by atoms with Gasteiger partial charge in [0.25, 0.3) is 0 Å². The molecule has 0 radical (unpaired) electrons. The predicted octanol–water partition coefficient (Wildman–Crippen LogP) is 2.01. The number of alkyl halides is 1. The lowest BCUT2D eigenvalue weighted by Crippen LogP contribution is -2.07. The molecule has 1 aromatic rings. The normalized spacial score (nSPS) is 9.93. The number of nitrogen functional groups attached to an aromatic ring is 1. The number of Topliss-reactive ketones (excluding diaryl/α,β-unsaturated/α-hetero) is 1. The van der Waals surface area contributed by atoms with E-state index in [2.05, 4.69) is 0 Å². The Morgan fingerprint density at radius 3 is 2.71 bits per heavy atom. The molecule has 14 heavy (non-hydrogen) atoms. The van der Waals surface area contributed by atoms with Gasteiger partial charge in [0.1, 0.15) is 5.75 Å². The molecule has 0 spiro atoms. The average molecular weight is 214 g/mol. The van der Waals surface area contributed by atoms with Crippen molar-refractivity contribution in [1.29, 1.82) is 0 Å². The van der Waals surface area contributed by atoms with E-state index in [4.69, 9.17) is 22.1 Å². The molecule has 1 aromatic carbocycles. The van der Waals surface area contributed by atoms with Crippen molar-refractivity contribution in [2.45, 2.75) is 6.92 Å². The zero-order valence-corrected chi connectivity index (χ0v) is 8.89. The van der Waals surface area contributed by atoms with E-state index < -0.39 is 0 Å². The summed E-state index contributed by atoms with van der Waals surface area (Å²) < 4.78 is 5.04. The highest BCUT2D eigenvalue weighted by Crippen LogP contribution is 2.27. The lowest BCUT2D eigenvalue weighted by molar-refractivity contribution is 0.102. The smallest absolute Gasteiger partial charge is 0.179 e. The van der Waals surface area contributed by atoms with Crippen LogP contribution in [0.1, 0.15) is 15.9 Å². The second kappa shape index (κ2) is 4.33. The third-order valence-electron chi connectivity index (χ3n) is 1.93. The molecule has 2 N–H and O–H groups in total. The Hall–Kier alpha value is -1.22. The molecule has 0 aromatic heterocycles. The maximum Gasteiger partial charge on any atom is 0.179 e. The Kier molecular flexibility index (Phi) is 3.36. The number of ketones is 1. The van der Waals surface area contributed by atoms with E-state index in [0.29, 0.717) is 17.0 Å². The minimum Gasteiger partial charge on any atom is -0.495 e. The molecule has 3 nitrogen and oxygen atoms in total. The molecule has 0 amide bonds. The van der Waals surface area contributed by atoms with Crippen LogP contribution < -0.4 is 10.5 Å². The van der Waals surface area contributed by atoms with Gasteiger partial charge in [-0.1, -0.05) is 0 Å². The van der Waals surface area contributed by atoms with Crippen LogP contribution in [0.4, 0.5) is 5.69 Å². The van der Waals surface area contributed by atoms with Crippen molar-refractivity contribution in [3.63, 3.8) is 0 Å². The second-order valence-corrected chi connectivity index (χ2v) is 3.25. The summed E-state index contributed by atoms with van der Waals surface area (Å²) in [6.45, 7) is 1.87. The van der Waals surface area contributed by atoms with Crippen LogP contribution in [0, 0.1) is 6.92 Å². The van der Waals surface area contributed by atoms with Gasteiger partial charge in [-0.15, -0.1) is 11.6 Å². The number of benzene rings is 1. The minimum atomic E-state index is -0.189. The third-order valence-corrected chi connectivity index (χ3v) is 2.17. The van der Waals surface area contributed by atoms with Crippen LogP contribution in [0.15, 0.2) is 12.1 Å². The number of methoxy groups -OCH3 is 1. The van der Waals surface area contributed by atoms with Crippen LogP contribution in [-0.4, -0.2) is 18.8 Å². The van der Waals surface area contributed by atoms with Gasteiger partial charge in [-0.2, -0.15) is 0 Å². The monoisotopic (exact) mass is 213 g/mol. The van der Waals surface area contributed by atoms with Crippen molar-refractivity contribution in [3.05, 3.63) is 23.3 Å². The number of hydrogen-bond acceptors (Lipinski definition) is 3. The molecule has 0 aliphatic carbocycles. The molecule has 0 fully saturated rings. The summed E-state index contributed by atoms with van der Waals surface area (Å²) in [7, 11) is 1.51. The lowest BCUT2D eigenvalue weighted by Gasteiger charge is -2.09. The number of nitrogens with two attached hydrogens (primary N) is 1. The number of ether oxygens (including phenoxy) is 1. The molecule has 0 unspecified atom stereocenters. The van der Waals surface area contributed by atoms with E-state index in [1.165, 1.54) is 7.11 Å². The molecule has 0 bridgehead atoms. The Morgan fingerprint density at radius 1 is 1.57 bits per heavy atom.